The second-order valence-electron chi connectivity index (χ2n) is 11.9. The molecule has 0 aliphatic heterocycles. The molecule has 45 heavy (non-hydrogen) atoms. The predicted molar refractivity (Wildman–Crippen MR) is 188 cm³/mol. The molecule has 3 aromatic heterocycles. The van der Waals surface area contributed by atoms with Crippen molar-refractivity contribution in [2.45, 2.75) is 0 Å². The third kappa shape index (κ3) is 3.65. The van der Waals surface area contributed by atoms with E-state index in [4.69, 9.17) is 4.42 Å². The molecule has 0 spiro atoms. The number of aromatic nitrogens is 2. The summed E-state index contributed by atoms with van der Waals surface area (Å²) in [6, 6.07) is 54.5. The number of hydrogen-bond acceptors (Lipinski definition) is 1. The van der Waals surface area contributed by atoms with Gasteiger partial charge in [0.1, 0.15) is 11.2 Å². The molecule has 0 amide bonds. The summed E-state index contributed by atoms with van der Waals surface area (Å²) in [5.74, 6) is 0. The second-order valence-corrected chi connectivity index (χ2v) is 11.9. The Hall–Kier alpha value is -6.06. The highest BCUT2D eigenvalue weighted by Crippen LogP contribution is 2.38. The van der Waals surface area contributed by atoms with Gasteiger partial charge in [0.15, 0.2) is 0 Å². The van der Waals surface area contributed by atoms with Gasteiger partial charge in [-0.2, -0.15) is 0 Å². The Bertz CT molecular complexity index is 2760. The molecule has 0 bridgehead atoms. The first kappa shape index (κ1) is 24.4. The number of benzene rings is 7. The van der Waals surface area contributed by atoms with Crippen LogP contribution in [0.3, 0.4) is 0 Å². The predicted octanol–water partition coefficient (Wildman–Crippen LogP) is 11.7. The zero-order valence-electron chi connectivity index (χ0n) is 24.3. The van der Waals surface area contributed by atoms with E-state index in [0.717, 1.165) is 33.0 Å². The lowest BCUT2D eigenvalue weighted by Crippen LogP contribution is -1.92. The lowest BCUT2D eigenvalue weighted by atomic mass is 9.98. The number of para-hydroxylation sites is 3. The van der Waals surface area contributed by atoms with Crippen molar-refractivity contribution in [3.63, 3.8) is 0 Å². The van der Waals surface area contributed by atoms with Gasteiger partial charge in [0, 0.05) is 49.0 Å². The molecule has 0 saturated carbocycles. The van der Waals surface area contributed by atoms with Crippen molar-refractivity contribution in [2.24, 2.45) is 0 Å². The van der Waals surface area contributed by atoms with Crippen molar-refractivity contribution in [3.8, 4) is 27.9 Å². The van der Waals surface area contributed by atoms with Crippen molar-refractivity contribution in [2.75, 3.05) is 0 Å². The standard InChI is InChI=1S/C42H26N2O/c1-2-8-30(9-3-1)44-39-12-6-4-10-31(39)35-24-28(16-20-40(35)44)26-14-18-37-33(22-26)34-23-27(15-19-38(34)43-37)29-17-21-42-36(25-29)32-11-5-7-13-41(32)45-42/h1-25,43H. The Balaban J connectivity index is 1.12. The molecule has 0 unspecified atom stereocenters. The molecule has 0 saturated heterocycles. The minimum Gasteiger partial charge on any atom is -0.456 e. The second kappa shape index (κ2) is 9.22. The van der Waals surface area contributed by atoms with Crippen LogP contribution in [0.4, 0.5) is 0 Å². The minimum atomic E-state index is 0.918. The third-order valence-electron chi connectivity index (χ3n) is 9.33. The monoisotopic (exact) mass is 574 g/mol. The molecule has 7 aromatic carbocycles. The van der Waals surface area contributed by atoms with E-state index in [1.807, 2.05) is 12.1 Å². The molecule has 0 aliphatic carbocycles. The number of hydrogen-bond donors (Lipinski definition) is 1. The van der Waals surface area contributed by atoms with E-state index in [2.05, 4.69) is 149 Å². The van der Waals surface area contributed by atoms with Gasteiger partial charge in [-0.3, -0.25) is 0 Å². The Labute approximate surface area is 258 Å². The summed E-state index contributed by atoms with van der Waals surface area (Å²) >= 11 is 0. The fourth-order valence-corrected chi connectivity index (χ4v) is 7.17. The molecule has 0 atom stereocenters. The lowest BCUT2D eigenvalue weighted by Gasteiger charge is -2.08. The number of fused-ring (bicyclic) bond motifs is 9. The zero-order chi connectivity index (χ0) is 29.5. The molecule has 10 aromatic rings. The number of H-pyrrole nitrogens is 1. The van der Waals surface area contributed by atoms with Gasteiger partial charge in [-0.15, -0.1) is 0 Å². The lowest BCUT2D eigenvalue weighted by molar-refractivity contribution is 0.669. The third-order valence-corrected chi connectivity index (χ3v) is 9.33. The van der Waals surface area contributed by atoms with E-state index in [9.17, 15) is 0 Å². The highest BCUT2D eigenvalue weighted by atomic mass is 16.3. The molecular formula is C42H26N2O. The van der Waals surface area contributed by atoms with Crippen LogP contribution in [-0.4, -0.2) is 9.55 Å². The van der Waals surface area contributed by atoms with Crippen LogP contribution in [-0.2, 0) is 0 Å². The van der Waals surface area contributed by atoms with Crippen LogP contribution >= 0.6 is 0 Å². The minimum absolute atomic E-state index is 0.918. The average Bonchev–Trinajstić information content (AvgIpc) is 3.77. The van der Waals surface area contributed by atoms with Crippen LogP contribution in [0, 0.1) is 0 Å². The molecule has 3 heteroatoms. The van der Waals surface area contributed by atoms with Crippen molar-refractivity contribution >= 4 is 65.6 Å². The summed E-state index contributed by atoms with van der Waals surface area (Å²) in [6.45, 7) is 0. The first-order valence-corrected chi connectivity index (χ1v) is 15.3. The number of rotatable bonds is 3. The van der Waals surface area contributed by atoms with Crippen LogP contribution in [0.25, 0.3) is 93.5 Å². The number of aromatic amines is 1. The van der Waals surface area contributed by atoms with Gasteiger partial charge in [-0.25, -0.2) is 0 Å². The van der Waals surface area contributed by atoms with E-state index >= 15 is 0 Å². The normalized spacial score (nSPS) is 12.0. The summed E-state index contributed by atoms with van der Waals surface area (Å²) in [5.41, 5.74) is 12.5. The van der Waals surface area contributed by atoms with Gasteiger partial charge < -0.3 is 14.0 Å². The number of nitrogens with zero attached hydrogens (tertiary/aromatic N) is 1. The van der Waals surface area contributed by atoms with Crippen LogP contribution in [0.1, 0.15) is 0 Å². The molecule has 3 nitrogen and oxygen atoms in total. The molecule has 0 fully saturated rings. The SMILES string of the molecule is c1ccc(-n2c3ccccc3c3cc(-c4ccc5[nH]c6ccc(-c7ccc8oc9ccccc9c8c7)cc6c5c4)ccc32)cc1. The first-order valence-electron chi connectivity index (χ1n) is 15.3. The zero-order valence-corrected chi connectivity index (χ0v) is 24.3. The summed E-state index contributed by atoms with van der Waals surface area (Å²) in [6.07, 6.45) is 0. The quantitative estimate of drug-likeness (QED) is 0.224. The Morgan fingerprint density at radius 1 is 0.378 bits per heavy atom. The van der Waals surface area contributed by atoms with E-state index in [-0.39, 0.29) is 0 Å². The fourth-order valence-electron chi connectivity index (χ4n) is 7.17. The van der Waals surface area contributed by atoms with Gasteiger partial charge in [0.05, 0.1) is 11.0 Å². The van der Waals surface area contributed by atoms with Crippen LogP contribution in [0.2, 0.25) is 0 Å². The largest absolute Gasteiger partial charge is 0.456 e. The van der Waals surface area contributed by atoms with E-state index in [1.54, 1.807) is 0 Å². The summed E-state index contributed by atoms with van der Waals surface area (Å²) in [5, 5.41) is 7.27. The molecular weight excluding hydrogens is 548 g/mol. The van der Waals surface area contributed by atoms with E-state index < -0.39 is 0 Å². The Kier molecular flexibility index (Phi) is 5.00. The van der Waals surface area contributed by atoms with E-state index in [1.165, 1.54) is 60.5 Å². The van der Waals surface area contributed by atoms with Gasteiger partial charge >= 0.3 is 0 Å². The topological polar surface area (TPSA) is 33.9 Å². The Morgan fingerprint density at radius 2 is 0.911 bits per heavy atom. The van der Waals surface area contributed by atoms with Gasteiger partial charge in [-0.1, -0.05) is 78.9 Å². The Morgan fingerprint density at radius 3 is 1.67 bits per heavy atom. The maximum Gasteiger partial charge on any atom is 0.135 e. The molecule has 0 aliphatic rings. The van der Waals surface area contributed by atoms with Crippen LogP contribution in [0.5, 0.6) is 0 Å². The molecule has 210 valence electrons. The summed E-state index contributed by atoms with van der Waals surface area (Å²) in [4.78, 5) is 3.64. The average molecular weight is 575 g/mol. The molecule has 1 N–H and O–H groups in total. The first-order chi connectivity index (χ1) is 22.3. The van der Waals surface area contributed by atoms with Crippen molar-refractivity contribution in [1.82, 2.24) is 9.55 Å². The number of nitrogens with one attached hydrogen (secondary N) is 1. The van der Waals surface area contributed by atoms with Crippen molar-refractivity contribution in [1.29, 1.82) is 0 Å². The maximum atomic E-state index is 6.08. The highest BCUT2D eigenvalue weighted by Gasteiger charge is 2.15. The van der Waals surface area contributed by atoms with Gasteiger partial charge in [0.2, 0.25) is 0 Å². The smallest absolute Gasteiger partial charge is 0.135 e. The van der Waals surface area contributed by atoms with Crippen LogP contribution < -0.4 is 0 Å². The highest BCUT2D eigenvalue weighted by molar-refractivity contribution is 6.13. The molecule has 3 heterocycles. The van der Waals surface area contributed by atoms with Crippen molar-refractivity contribution in [3.05, 3.63) is 152 Å². The summed E-state index contributed by atoms with van der Waals surface area (Å²) < 4.78 is 8.45. The summed E-state index contributed by atoms with van der Waals surface area (Å²) in [7, 11) is 0. The van der Waals surface area contributed by atoms with Crippen molar-refractivity contribution < 1.29 is 4.42 Å². The van der Waals surface area contributed by atoms with Crippen LogP contribution in [0.15, 0.2) is 156 Å². The molecule has 0 radical (unpaired) electrons. The maximum absolute atomic E-state index is 6.08. The fraction of sp³-hybridized carbons (Fsp3) is 0. The van der Waals surface area contributed by atoms with Gasteiger partial charge in [-0.05, 0) is 95.1 Å². The van der Waals surface area contributed by atoms with E-state index in [0.29, 0.717) is 0 Å². The molecule has 10 rings (SSSR count). The van der Waals surface area contributed by atoms with Gasteiger partial charge in [0.25, 0.3) is 0 Å². The number of furan rings is 1.